The van der Waals surface area contributed by atoms with Crippen LogP contribution in [0, 0.1) is 12.7 Å². The Kier molecular flexibility index (Phi) is 2.35. The van der Waals surface area contributed by atoms with Gasteiger partial charge in [0.2, 0.25) is 0 Å². The molecule has 1 N–H and O–H groups in total. The molecular formula is C13H14FN3. The number of aromatic nitrogens is 2. The summed E-state index contributed by atoms with van der Waals surface area (Å²) < 4.78 is 14.9. The third kappa shape index (κ3) is 1.69. The molecule has 2 heterocycles. The average Bonchev–Trinajstić information content (AvgIpc) is 2.73. The van der Waals surface area contributed by atoms with Gasteiger partial charge in [-0.3, -0.25) is 0 Å². The molecule has 1 aliphatic heterocycles. The van der Waals surface area contributed by atoms with Crippen LogP contribution >= 0.6 is 0 Å². The highest BCUT2D eigenvalue weighted by Crippen LogP contribution is 2.30. The van der Waals surface area contributed by atoms with Gasteiger partial charge in [0, 0.05) is 12.1 Å². The third-order valence-corrected chi connectivity index (χ3v) is 3.24. The number of aryl methyl sites for hydroxylation is 1. The Bertz CT molecular complexity index is 530. The van der Waals surface area contributed by atoms with Crippen LogP contribution in [0.2, 0.25) is 0 Å². The summed E-state index contributed by atoms with van der Waals surface area (Å²) in [5.41, 5.74) is 2.26. The van der Waals surface area contributed by atoms with Crippen molar-refractivity contribution in [2.75, 3.05) is 11.9 Å². The highest BCUT2D eigenvalue weighted by atomic mass is 19.1. The van der Waals surface area contributed by atoms with E-state index in [9.17, 15) is 4.39 Å². The molecule has 0 fully saturated rings. The minimum Gasteiger partial charge on any atom is -0.370 e. The lowest BCUT2D eigenvalue weighted by Gasteiger charge is -2.26. The van der Waals surface area contributed by atoms with Crippen LogP contribution in [-0.4, -0.2) is 16.3 Å². The van der Waals surface area contributed by atoms with Gasteiger partial charge in [-0.05, 0) is 31.0 Å². The summed E-state index contributed by atoms with van der Waals surface area (Å²) in [6.07, 6.45) is 2.84. The summed E-state index contributed by atoms with van der Waals surface area (Å²) in [5, 5.41) is 7.75. The van der Waals surface area contributed by atoms with Gasteiger partial charge in [0.25, 0.3) is 0 Å². The summed E-state index contributed by atoms with van der Waals surface area (Å²) in [5.74, 6) is 0.880. The second-order valence-electron chi connectivity index (χ2n) is 4.40. The van der Waals surface area contributed by atoms with E-state index in [1.165, 1.54) is 12.1 Å². The SMILES string of the molecule is Cc1cnn2c1NCCC2c1ccc(F)cc1. The fourth-order valence-electron chi connectivity index (χ4n) is 2.35. The van der Waals surface area contributed by atoms with Crippen LogP contribution < -0.4 is 5.32 Å². The summed E-state index contributed by atoms with van der Waals surface area (Å²) in [7, 11) is 0. The van der Waals surface area contributed by atoms with Crippen molar-refractivity contribution in [3.05, 3.63) is 47.4 Å². The van der Waals surface area contributed by atoms with Crippen LogP contribution in [0.25, 0.3) is 0 Å². The molecule has 2 aromatic rings. The number of hydrogen-bond donors (Lipinski definition) is 1. The van der Waals surface area contributed by atoms with Gasteiger partial charge in [0.05, 0.1) is 12.2 Å². The first-order chi connectivity index (χ1) is 8.25. The fraction of sp³-hybridized carbons (Fsp3) is 0.308. The van der Waals surface area contributed by atoms with Crippen molar-refractivity contribution in [2.24, 2.45) is 0 Å². The number of hydrogen-bond acceptors (Lipinski definition) is 2. The van der Waals surface area contributed by atoms with E-state index in [1.54, 1.807) is 0 Å². The predicted octanol–water partition coefficient (Wildman–Crippen LogP) is 2.74. The number of nitrogens with one attached hydrogen (secondary N) is 1. The normalized spacial score (nSPS) is 18.6. The lowest BCUT2D eigenvalue weighted by atomic mass is 10.0. The van der Waals surface area contributed by atoms with Crippen molar-refractivity contribution >= 4 is 5.82 Å². The van der Waals surface area contributed by atoms with Crippen molar-refractivity contribution in [1.29, 1.82) is 0 Å². The first-order valence-electron chi connectivity index (χ1n) is 5.79. The number of nitrogens with zero attached hydrogens (tertiary/aromatic N) is 2. The van der Waals surface area contributed by atoms with Crippen LogP contribution in [0.5, 0.6) is 0 Å². The maximum Gasteiger partial charge on any atom is 0.127 e. The smallest absolute Gasteiger partial charge is 0.127 e. The van der Waals surface area contributed by atoms with Crippen molar-refractivity contribution in [1.82, 2.24) is 9.78 Å². The Morgan fingerprint density at radius 3 is 2.88 bits per heavy atom. The molecule has 0 amide bonds. The van der Waals surface area contributed by atoms with Crippen molar-refractivity contribution in [3.63, 3.8) is 0 Å². The van der Waals surface area contributed by atoms with Gasteiger partial charge >= 0.3 is 0 Å². The maximum absolute atomic E-state index is 12.9. The third-order valence-electron chi connectivity index (χ3n) is 3.24. The van der Waals surface area contributed by atoms with Crippen molar-refractivity contribution in [2.45, 2.75) is 19.4 Å². The first-order valence-corrected chi connectivity index (χ1v) is 5.79. The summed E-state index contributed by atoms with van der Waals surface area (Å²) in [4.78, 5) is 0. The Morgan fingerprint density at radius 2 is 2.12 bits per heavy atom. The molecule has 3 rings (SSSR count). The van der Waals surface area contributed by atoms with Crippen LogP contribution in [0.4, 0.5) is 10.2 Å². The molecule has 0 spiro atoms. The quantitative estimate of drug-likeness (QED) is 0.817. The minimum absolute atomic E-state index is 0.195. The maximum atomic E-state index is 12.9. The van der Waals surface area contributed by atoms with E-state index in [0.29, 0.717) is 0 Å². The summed E-state index contributed by atoms with van der Waals surface area (Å²) in [6.45, 7) is 2.97. The molecule has 1 aliphatic rings. The number of halogens is 1. The molecule has 88 valence electrons. The van der Waals surface area contributed by atoms with E-state index in [-0.39, 0.29) is 11.9 Å². The molecule has 17 heavy (non-hydrogen) atoms. The van der Waals surface area contributed by atoms with Gasteiger partial charge in [-0.1, -0.05) is 12.1 Å². The topological polar surface area (TPSA) is 29.9 Å². The molecular weight excluding hydrogens is 217 g/mol. The van der Waals surface area contributed by atoms with E-state index in [0.717, 1.165) is 29.9 Å². The largest absolute Gasteiger partial charge is 0.370 e. The van der Waals surface area contributed by atoms with Crippen LogP contribution in [0.3, 0.4) is 0 Å². The molecule has 1 unspecified atom stereocenters. The summed E-state index contributed by atoms with van der Waals surface area (Å²) >= 11 is 0. The second-order valence-corrected chi connectivity index (χ2v) is 4.40. The molecule has 0 radical (unpaired) electrons. The van der Waals surface area contributed by atoms with Gasteiger partial charge in [0.15, 0.2) is 0 Å². The lowest BCUT2D eigenvalue weighted by Crippen LogP contribution is -2.24. The van der Waals surface area contributed by atoms with E-state index in [1.807, 2.05) is 29.9 Å². The second kappa shape index (κ2) is 3.87. The Balaban J connectivity index is 2.02. The molecule has 3 nitrogen and oxygen atoms in total. The highest BCUT2D eigenvalue weighted by Gasteiger charge is 2.22. The number of fused-ring (bicyclic) bond motifs is 1. The molecule has 0 saturated carbocycles. The standard InChI is InChI=1S/C13H14FN3/c1-9-8-16-17-12(6-7-15-13(9)17)10-2-4-11(14)5-3-10/h2-5,8,12,15H,6-7H2,1H3. The van der Waals surface area contributed by atoms with E-state index < -0.39 is 0 Å². The lowest BCUT2D eigenvalue weighted by molar-refractivity contribution is 0.480. The fourth-order valence-corrected chi connectivity index (χ4v) is 2.35. The van der Waals surface area contributed by atoms with E-state index in [2.05, 4.69) is 10.4 Å². The van der Waals surface area contributed by atoms with E-state index in [4.69, 9.17) is 0 Å². The highest BCUT2D eigenvalue weighted by molar-refractivity contribution is 5.46. The van der Waals surface area contributed by atoms with Crippen LogP contribution in [0.1, 0.15) is 23.6 Å². The van der Waals surface area contributed by atoms with Crippen LogP contribution in [-0.2, 0) is 0 Å². The van der Waals surface area contributed by atoms with Gasteiger partial charge in [-0.2, -0.15) is 5.10 Å². The molecule has 1 aromatic carbocycles. The van der Waals surface area contributed by atoms with Gasteiger partial charge in [0.1, 0.15) is 11.6 Å². The monoisotopic (exact) mass is 231 g/mol. The Labute approximate surface area is 99.3 Å². The molecule has 0 aliphatic carbocycles. The van der Waals surface area contributed by atoms with Gasteiger partial charge < -0.3 is 5.32 Å². The molecule has 1 atom stereocenters. The Morgan fingerprint density at radius 1 is 1.35 bits per heavy atom. The molecule has 4 heteroatoms. The number of rotatable bonds is 1. The van der Waals surface area contributed by atoms with Crippen molar-refractivity contribution in [3.8, 4) is 0 Å². The van der Waals surface area contributed by atoms with Crippen LogP contribution in [0.15, 0.2) is 30.5 Å². The average molecular weight is 231 g/mol. The molecule has 0 bridgehead atoms. The number of benzene rings is 1. The van der Waals surface area contributed by atoms with Gasteiger partial charge in [-0.25, -0.2) is 9.07 Å². The zero-order chi connectivity index (χ0) is 11.8. The zero-order valence-electron chi connectivity index (χ0n) is 9.65. The number of anilines is 1. The Hall–Kier alpha value is -1.84. The van der Waals surface area contributed by atoms with Gasteiger partial charge in [-0.15, -0.1) is 0 Å². The first kappa shape index (κ1) is 10.3. The van der Waals surface area contributed by atoms with E-state index >= 15 is 0 Å². The zero-order valence-corrected chi connectivity index (χ0v) is 9.65. The summed E-state index contributed by atoms with van der Waals surface area (Å²) in [6, 6.07) is 6.90. The molecule has 1 aromatic heterocycles. The predicted molar refractivity (Wildman–Crippen MR) is 64.6 cm³/mol. The minimum atomic E-state index is -0.195. The molecule has 0 saturated heterocycles. The van der Waals surface area contributed by atoms with Crippen molar-refractivity contribution < 1.29 is 4.39 Å².